The van der Waals surface area contributed by atoms with E-state index in [4.69, 9.17) is 0 Å². The lowest BCUT2D eigenvalue weighted by molar-refractivity contribution is 0.768. The molecule has 2 heteroatoms. The predicted octanol–water partition coefficient (Wildman–Crippen LogP) is 12.2. The van der Waals surface area contributed by atoms with Crippen LogP contribution in [0.2, 0.25) is 0 Å². The average molecular weight is 639 g/mol. The standard InChI is InChI=1S/C48H34N2/c1-4-14-35(15-5-1)36-25-29-41(30-26-36)50(42-31-27-37(28-32-42)38-16-13-33-49-34-38)46-24-12-23-45-47(46)43-21-10-11-22-44(43)48(45,39-17-6-2-7-18-39)40-19-8-3-9-20-40/h1-34H. The van der Waals surface area contributed by atoms with Crippen molar-refractivity contribution in [2.45, 2.75) is 5.41 Å². The molecule has 236 valence electrons. The summed E-state index contributed by atoms with van der Waals surface area (Å²) in [6, 6.07) is 70.3. The molecule has 1 heterocycles. The van der Waals surface area contributed by atoms with Crippen LogP contribution in [0.4, 0.5) is 17.1 Å². The molecule has 0 N–H and O–H groups in total. The van der Waals surface area contributed by atoms with Gasteiger partial charge < -0.3 is 4.90 Å². The zero-order valence-electron chi connectivity index (χ0n) is 27.5. The molecule has 9 rings (SSSR count). The Morgan fingerprint density at radius 1 is 0.380 bits per heavy atom. The molecule has 50 heavy (non-hydrogen) atoms. The van der Waals surface area contributed by atoms with Gasteiger partial charge in [0, 0.05) is 29.3 Å². The number of pyridine rings is 1. The second-order valence-corrected chi connectivity index (χ2v) is 12.8. The topological polar surface area (TPSA) is 16.1 Å². The van der Waals surface area contributed by atoms with Gasteiger partial charge in [-0.15, -0.1) is 0 Å². The summed E-state index contributed by atoms with van der Waals surface area (Å²) in [6.45, 7) is 0. The van der Waals surface area contributed by atoms with Crippen LogP contribution in [0.15, 0.2) is 207 Å². The molecule has 0 aliphatic heterocycles. The molecule has 2 nitrogen and oxygen atoms in total. The smallest absolute Gasteiger partial charge is 0.0714 e. The first-order valence-electron chi connectivity index (χ1n) is 17.1. The van der Waals surface area contributed by atoms with Gasteiger partial charge in [0.25, 0.3) is 0 Å². The summed E-state index contributed by atoms with van der Waals surface area (Å²) in [4.78, 5) is 6.78. The van der Waals surface area contributed by atoms with Gasteiger partial charge in [-0.2, -0.15) is 0 Å². The van der Waals surface area contributed by atoms with Crippen molar-refractivity contribution in [3.8, 4) is 33.4 Å². The largest absolute Gasteiger partial charge is 0.310 e. The number of hydrogen-bond donors (Lipinski definition) is 0. The van der Waals surface area contributed by atoms with Gasteiger partial charge in [0.2, 0.25) is 0 Å². The maximum atomic E-state index is 4.36. The van der Waals surface area contributed by atoms with E-state index in [2.05, 4.69) is 198 Å². The maximum Gasteiger partial charge on any atom is 0.0714 e. The zero-order valence-corrected chi connectivity index (χ0v) is 27.5. The summed E-state index contributed by atoms with van der Waals surface area (Å²) in [7, 11) is 0. The van der Waals surface area contributed by atoms with Crippen LogP contribution >= 0.6 is 0 Å². The van der Waals surface area contributed by atoms with Crippen LogP contribution in [0.5, 0.6) is 0 Å². The molecule has 0 saturated carbocycles. The van der Waals surface area contributed by atoms with Crippen molar-refractivity contribution in [3.63, 3.8) is 0 Å². The van der Waals surface area contributed by atoms with Crippen molar-refractivity contribution in [2.24, 2.45) is 0 Å². The average Bonchev–Trinajstić information content (AvgIpc) is 3.52. The van der Waals surface area contributed by atoms with Crippen molar-refractivity contribution in [2.75, 3.05) is 4.90 Å². The lowest BCUT2D eigenvalue weighted by Crippen LogP contribution is -2.28. The van der Waals surface area contributed by atoms with Crippen molar-refractivity contribution in [3.05, 3.63) is 229 Å². The van der Waals surface area contributed by atoms with Crippen LogP contribution < -0.4 is 4.90 Å². The molecule has 1 aliphatic carbocycles. The van der Waals surface area contributed by atoms with Crippen LogP contribution in [0.25, 0.3) is 33.4 Å². The van der Waals surface area contributed by atoms with Gasteiger partial charge in [-0.3, -0.25) is 4.98 Å². The summed E-state index contributed by atoms with van der Waals surface area (Å²) in [5, 5.41) is 0. The zero-order chi connectivity index (χ0) is 33.3. The third-order valence-electron chi connectivity index (χ3n) is 10.1. The Balaban J connectivity index is 1.29. The SMILES string of the molecule is c1ccc(-c2ccc(N(c3ccc(-c4cccnc4)cc3)c3cccc4c3-c3ccccc3C4(c3ccccc3)c3ccccc3)cc2)cc1. The van der Waals surface area contributed by atoms with Gasteiger partial charge >= 0.3 is 0 Å². The number of anilines is 3. The second kappa shape index (κ2) is 12.5. The molecule has 0 saturated heterocycles. The normalized spacial score (nSPS) is 12.6. The van der Waals surface area contributed by atoms with E-state index in [-0.39, 0.29) is 0 Å². The minimum Gasteiger partial charge on any atom is -0.310 e. The van der Waals surface area contributed by atoms with Crippen molar-refractivity contribution < 1.29 is 0 Å². The Hall–Kier alpha value is -6.51. The summed E-state index contributed by atoms with van der Waals surface area (Å²) in [5.74, 6) is 0. The number of rotatable bonds is 7. The fraction of sp³-hybridized carbons (Fsp3) is 0.0208. The lowest BCUT2D eigenvalue weighted by atomic mass is 9.68. The van der Waals surface area contributed by atoms with Gasteiger partial charge in [0.05, 0.1) is 11.1 Å². The molecule has 8 aromatic rings. The highest BCUT2D eigenvalue weighted by atomic mass is 15.1. The third-order valence-corrected chi connectivity index (χ3v) is 10.1. The highest BCUT2D eigenvalue weighted by molar-refractivity contribution is 5.97. The molecular weight excluding hydrogens is 605 g/mol. The van der Waals surface area contributed by atoms with Crippen molar-refractivity contribution >= 4 is 17.1 Å². The van der Waals surface area contributed by atoms with E-state index in [0.717, 1.165) is 28.2 Å². The number of fused-ring (bicyclic) bond motifs is 3. The highest BCUT2D eigenvalue weighted by Gasteiger charge is 2.47. The number of aromatic nitrogens is 1. The Morgan fingerprint density at radius 3 is 1.48 bits per heavy atom. The number of benzene rings is 7. The molecule has 1 aromatic heterocycles. The Morgan fingerprint density at radius 2 is 0.880 bits per heavy atom. The molecule has 7 aromatic carbocycles. The fourth-order valence-corrected chi connectivity index (χ4v) is 7.86. The van der Waals surface area contributed by atoms with E-state index in [0.29, 0.717) is 0 Å². The third kappa shape index (κ3) is 4.84. The van der Waals surface area contributed by atoms with Crippen molar-refractivity contribution in [1.82, 2.24) is 4.98 Å². The summed E-state index contributed by atoms with van der Waals surface area (Å²) in [6.07, 6.45) is 3.74. The van der Waals surface area contributed by atoms with E-state index in [1.807, 2.05) is 18.5 Å². The molecule has 1 aliphatic rings. The van der Waals surface area contributed by atoms with E-state index in [1.165, 1.54) is 44.5 Å². The maximum absolute atomic E-state index is 4.36. The van der Waals surface area contributed by atoms with Gasteiger partial charge in [-0.1, -0.05) is 158 Å². The van der Waals surface area contributed by atoms with Crippen LogP contribution in [0.1, 0.15) is 22.3 Å². The molecule has 0 radical (unpaired) electrons. The lowest BCUT2D eigenvalue weighted by Gasteiger charge is -2.34. The van der Waals surface area contributed by atoms with Gasteiger partial charge in [0.1, 0.15) is 0 Å². The molecule has 0 bridgehead atoms. The molecule has 0 fully saturated rings. The first-order valence-corrected chi connectivity index (χ1v) is 17.1. The minimum absolute atomic E-state index is 0.475. The molecule has 0 amide bonds. The Labute approximate surface area is 293 Å². The quantitative estimate of drug-likeness (QED) is 0.173. The van der Waals surface area contributed by atoms with E-state index < -0.39 is 5.41 Å². The second-order valence-electron chi connectivity index (χ2n) is 12.8. The molecule has 0 atom stereocenters. The van der Waals surface area contributed by atoms with E-state index in [9.17, 15) is 0 Å². The van der Waals surface area contributed by atoms with Crippen LogP contribution in [-0.4, -0.2) is 4.98 Å². The summed E-state index contributed by atoms with van der Waals surface area (Å²) >= 11 is 0. The first-order chi connectivity index (χ1) is 24.8. The Kier molecular flexibility index (Phi) is 7.40. The van der Waals surface area contributed by atoms with Crippen LogP contribution in [0.3, 0.4) is 0 Å². The first kappa shape index (κ1) is 29.6. The minimum atomic E-state index is -0.475. The van der Waals surface area contributed by atoms with Gasteiger partial charge in [0.15, 0.2) is 0 Å². The highest BCUT2D eigenvalue weighted by Crippen LogP contribution is 2.59. The van der Waals surface area contributed by atoms with Crippen molar-refractivity contribution in [1.29, 1.82) is 0 Å². The summed E-state index contributed by atoms with van der Waals surface area (Å²) < 4.78 is 0. The molecule has 0 unspecified atom stereocenters. The Bertz CT molecular complexity index is 2260. The van der Waals surface area contributed by atoms with Gasteiger partial charge in [-0.25, -0.2) is 0 Å². The number of hydrogen-bond acceptors (Lipinski definition) is 2. The molecule has 0 spiro atoms. The van der Waals surface area contributed by atoms with E-state index >= 15 is 0 Å². The predicted molar refractivity (Wildman–Crippen MR) is 207 cm³/mol. The van der Waals surface area contributed by atoms with Gasteiger partial charge in [-0.05, 0) is 86.5 Å². The van der Waals surface area contributed by atoms with E-state index in [1.54, 1.807) is 0 Å². The molecular formula is C48H34N2. The number of nitrogens with zero attached hydrogens (tertiary/aromatic N) is 2. The van der Waals surface area contributed by atoms with Crippen LogP contribution in [-0.2, 0) is 5.41 Å². The fourth-order valence-electron chi connectivity index (χ4n) is 7.86. The van der Waals surface area contributed by atoms with Crippen LogP contribution in [0, 0.1) is 0 Å². The summed E-state index contributed by atoms with van der Waals surface area (Å²) in [5.41, 5.74) is 15.1. The monoisotopic (exact) mass is 638 g/mol.